The number of rotatable bonds is 7. The van der Waals surface area contributed by atoms with E-state index < -0.39 is 23.7 Å². The van der Waals surface area contributed by atoms with Crippen molar-refractivity contribution < 1.29 is 19.4 Å². The zero-order valence-corrected chi connectivity index (χ0v) is 18.6. The van der Waals surface area contributed by atoms with Crippen molar-refractivity contribution in [2.45, 2.75) is 58.9 Å². The van der Waals surface area contributed by atoms with Crippen LogP contribution in [0.5, 0.6) is 0 Å². The number of nitrogens with zero attached hydrogens (tertiary/aromatic N) is 2. The van der Waals surface area contributed by atoms with E-state index in [1.807, 2.05) is 45.0 Å². The van der Waals surface area contributed by atoms with E-state index in [2.05, 4.69) is 9.88 Å². The van der Waals surface area contributed by atoms with E-state index in [-0.39, 0.29) is 5.75 Å². The van der Waals surface area contributed by atoms with Gasteiger partial charge in [0, 0.05) is 22.9 Å². The van der Waals surface area contributed by atoms with Crippen molar-refractivity contribution in [2.75, 3.05) is 5.75 Å². The van der Waals surface area contributed by atoms with Gasteiger partial charge in [-0.15, -0.1) is 0 Å². The quantitative estimate of drug-likeness (QED) is 0.704. The molecule has 2 rings (SSSR count). The lowest BCUT2D eigenvalue weighted by atomic mass is 10.2. The standard InChI is InChI=1S/C21H29N3O4S/c1-13-9-16(22-18(10-13)24-14(2)7-8-15(24)3)11-29-12-17(19(25)26)23-20(27)28-21(4,5)6/h7-10,17H,11-12H2,1-6H3,(H,23,27)(H,25,26)/t17-/m0/s1. The number of nitrogens with one attached hydrogen (secondary N) is 1. The predicted molar refractivity (Wildman–Crippen MR) is 115 cm³/mol. The summed E-state index contributed by atoms with van der Waals surface area (Å²) in [7, 11) is 0. The number of amides is 1. The number of alkyl carbamates (subject to hydrolysis) is 1. The fourth-order valence-corrected chi connectivity index (χ4v) is 3.78. The van der Waals surface area contributed by atoms with Gasteiger partial charge in [-0.2, -0.15) is 11.8 Å². The van der Waals surface area contributed by atoms with Crippen LogP contribution in [0.25, 0.3) is 5.82 Å². The maximum Gasteiger partial charge on any atom is 0.408 e. The SMILES string of the molecule is Cc1cc(CSC[C@H](NC(=O)OC(C)(C)C)C(=O)O)nc(-n2c(C)ccc2C)c1. The number of hydrogen-bond acceptors (Lipinski definition) is 5. The Morgan fingerprint density at radius 3 is 2.38 bits per heavy atom. The van der Waals surface area contributed by atoms with Crippen molar-refractivity contribution in [1.29, 1.82) is 0 Å². The fourth-order valence-electron chi connectivity index (χ4n) is 2.84. The number of hydrogen-bond donors (Lipinski definition) is 2. The lowest BCUT2D eigenvalue weighted by molar-refractivity contribution is -0.138. The van der Waals surface area contributed by atoms with Crippen LogP contribution < -0.4 is 5.32 Å². The molecule has 0 bridgehead atoms. The average Bonchev–Trinajstić information content (AvgIpc) is 2.90. The summed E-state index contributed by atoms with van der Waals surface area (Å²) < 4.78 is 7.23. The van der Waals surface area contributed by atoms with Gasteiger partial charge in [0.05, 0.1) is 5.69 Å². The Morgan fingerprint density at radius 2 is 1.83 bits per heavy atom. The molecule has 7 nitrogen and oxygen atoms in total. The molecule has 0 aromatic carbocycles. The van der Waals surface area contributed by atoms with Crippen LogP contribution in [0.3, 0.4) is 0 Å². The van der Waals surface area contributed by atoms with Gasteiger partial charge in [-0.25, -0.2) is 14.6 Å². The van der Waals surface area contributed by atoms with E-state index >= 15 is 0 Å². The van der Waals surface area contributed by atoms with Gasteiger partial charge in [-0.3, -0.25) is 0 Å². The number of aliphatic carboxylic acids is 1. The minimum absolute atomic E-state index is 0.209. The second kappa shape index (κ2) is 9.35. The van der Waals surface area contributed by atoms with E-state index in [1.54, 1.807) is 20.8 Å². The third-order valence-electron chi connectivity index (χ3n) is 4.03. The van der Waals surface area contributed by atoms with Crippen LogP contribution in [0, 0.1) is 20.8 Å². The zero-order valence-electron chi connectivity index (χ0n) is 17.8. The topological polar surface area (TPSA) is 93.4 Å². The van der Waals surface area contributed by atoms with Crippen LogP contribution >= 0.6 is 11.8 Å². The summed E-state index contributed by atoms with van der Waals surface area (Å²) in [5.41, 5.74) is 3.47. The van der Waals surface area contributed by atoms with Crippen molar-refractivity contribution in [2.24, 2.45) is 0 Å². The van der Waals surface area contributed by atoms with Gasteiger partial charge in [0.2, 0.25) is 0 Å². The highest BCUT2D eigenvalue weighted by Gasteiger charge is 2.24. The number of carbonyl (C=O) groups is 2. The Hall–Kier alpha value is -2.48. The average molecular weight is 420 g/mol. The molecule has 0 radical (unpaired) electrons. The molecule has 1 atom stereocenters. The minimum Gasteiger partial charge on any atom is -0.480 e. The molecule has 0 spiro atoms. The minimum atomic E-state index is -1.10. The van der Waals surface area contributed by atoms with Crippen molar-refractivity contribution in [1.82, 2.24) is 14.9 Å². The van der Waals surface area contributed by atoms with Crippen LogP contribution in [-0.2, 0) is 15.3 Å². The molecule has 1 amide bonds. The van der Waals surface area contributed by atoms with Gasteiger partial charge in [-0.05, 0) is 71.4 Å². The molecule has 2 heterocycles. The number of aryl methyl sites for hydroxylation is 3. The molecule has 2 aromatic heterocycles. The summed E-state index contributed by atoms with van der Waals surface area (Å²) in [5, 5.41) is 11.8. The lowest BCUT2D eigenvalue weighted by Crippen LogP contribution is -2.44. The maximum absolute atomic E-state index is 11.9. The molecule has 0 unspecified atom stereocenters. The molecule has 8 heteroatoms. The van der Waals surface area contributed by atoms with Crippen LogP contribution in [0.15, 0.2) is 24.3 Å². The molecular weight excluding hydrogens is 390 g/mol. The van der Waals surface area contributed by atoms with Crippen LogP contribution in [-0.4, -0.2) is 44.1 Å². The Kier molecular flexibility index (Phi) is 7.35. The second-order valence-corrected chi connectivity index (χ2v) is 9.03. The molecular formula is C21H29N3O4S. The number of aromatic nitrogens is 2. The van der Waals surface area contributed by atoms with E-state index in [0.717, 1.165) is 28.5 Å². The summed E-state index contributed by atoms with van der Waals surface area (Å²) >= 11 is 1.40. The Labute approximate surface area is 175 Å². The van der Waals surface area contributed by atoms with Crippen LogP contribution in [0.2, 0.25) is 0 Å². The number of thioether (sulfide) groups is 1. The van der Waals surface area contributed by atoms with Gasteiger partial charge in [0.15, 0.2) is 0 Å². The van der Waals surface area contributed by atoms with Crippen LogP contribution in [0.4, 0.5) is 4.79 Å². The van der Waals surface area contributed by atoms with Gasteiger partial charge >= 0.3 is 12.1 Å². The number of carboxylic acid groups (broad SMARTS) is 1. The number of pyridine rings is 1. The van der Waals surface area contributed by atoms with Crippen molar-refractivity contribution >= 4 is 23.8 Å². The second-order valence-electron chi connectivity index (χ2n) is 8.00. The Bertz CT molecular complexity index is 867. The molecule has 0 saturated heterocycles. The first-order valence-electron chi connectivity index (χ1n) is 9.39. The van der Waals surface area contributed by atoms with Crippen molar-refractivity contribution in [3.05, 3.63) is 46.9 Å². The summed E-state index contributed by atoms with van der Waals surface area (Å²) in [6.45, 7) is 11.3. The largest absolute Gasteiger partial charge is 0.480 e. The van der Waals surface area contributed by atoms with Crippen LogP contribution in [0.1, 0.15) is 43.4 Å². The van der Waals surface area contributed by atoms with Crippen molar-refractivity contribution in [3.8, 4) is 5.82 Å². The summed E-state index contributed by atoms with van der Waals surface area (Å²) in [6, 6.07) is 7.08. The first-order valence-corrected chi connectivity index (χ1v) is 10.5. The number of carboxylic acids is 1. The zero-order chi connectivity index (χ0) is 21.8. The smallest absolute Gasteiger partial charge is 0.408 e. The van der Waals surface area contributed by atoms with Gasteiger partial charge in [0.1, 0.15) is 17.5 Å². The molecule has 29 heavy (non-hydrogen) atoms. The highest BCUT2D eigenvalue weighted by Crippen LogP contribution is 2.19. The van der Waals surface area contributed by atoms with Crippen molar-refractivity contribution in [3.63, 3.8) is 0 Å². The van der Waals surface area contributed by atoms with E-state index in [1.165, 1.54) is 11.8 Å². The molecule has 2 N–H and O–H groups in total. The molecule has 0 saturated carbocycles. The molecule has 0 aliphatic rings. The Balaban J connectivity index is 2.03. The molecule has 0 aliphatic heterocycles. The first kappa shape index (κ1) is 22.8. The third kappa shape index (κ3) is 6.81. The Morgan fingerprint density at radius 1 is 1.21 bits per heavy atom. The monoisotopic (exact) mass is 419 g/mol. The highest BCUT2D eigenvalue weighted by atomic mass is 32.2. The highest BCUT2D eigenvalue weighted by molar-refractivity contribution is 7.98. The van der Waals surface area contributed by atoms with E-state index in [0.29, 0.717) is 5.75 Å². The number of ether oxygens (including phenoxy) is 1. The van der Waals surface area contributed by atoms with E-state index in [4.69, 9.17) is 9.72 Å². The fraction of sp³-hybridized carbons (Fsp3) is 0.476. The van der Waals surface area contributed by atoms with Gasteiger partial charge < -0.3 is 19.7 Å². The number of carbonyl (C=O) groups excluding carboxylic acids is 1. The normalized spacial score (nSPS) is 12.5. The molecule has 2 aromatic rings. The molecule has 158 valence electrons. The maximum atomic E-state index is 11.9. The first-order chi connectivity index (χ1) is 13.5. The summed E-state index contributed by atoms with van der Waals surface area (Å²) in [6.07, 6.45) is -0.736. The summed E-state index contributed by atoms with van der Waals surface area (Å²) in [4.78, 5) is 28.1. The van der Waals surface area contributed by atoms with E-state index in [9.17, 15) is 14.7 Å². The molecule has 0 fully saturated rings. The van der Waals surface area contributed by atoms with Gasteiger partial charge in [-0.1, -0.05) is 0 Å². The third-order valence-corrected chi connectivity index (χ3v) is 5.10. The predicted octanol–water partition coefficient (Wildman–Crippen LogP) is 4.01. The van der Waals surface area contributed by atoms with Gasteiger partial charge in [0.25, 0.3) is 0 Å². The molecule has 0 aliphatic carbocycles. The lowest BCUT2D eigenvalue weighted by Gasteiger charge is -2.21. The summed E-state index contributed by atoms with van der Waals surface area (Å²) in [5.74, 6) is 0.497.